The molecule has 0 spiro atoms. The van der Waals surface area contributed by atoms with Gasteiger partial charge >= 0.3 is 5.97 Å². The van der Waals surface area contributed by atoms with E-state index in [2.05, 4.69) is 24.1 Å². The maximum absolute atomic E-state index is 12.1. The van der Waals surface area contributed by atoms with Gasteiger partial charge in [-0.1, -0.05) is 13.8 Å². The number of esters is 1. The number of rotatable bonds is 9. The molecule has 3 unspecified atom stereocenters. The highest BCUT2D eigenvalue weighted by atomic mass is 16.5. The number of carbonyl (C=O) groups excluding carboxylic acids is 1. The van der Waals surface area contributed by atoms with Crippen LogP contribution in [0.3, 0.4) is 0 Å². The summed E-state index contributed by atoms with van der Waals surface area (Å²) < 4.78 is 5.21. The highest BCUT2D eigenvalue weighted by Crippen LogP contribution is 2.23. The summed E-state index contributed by atoms with van der Waals surface area (Å²) in [7, 11) is 0. The van der Waals surface area contributed by atoms with Gasteiger partial charge in [-0.05, 0) is 65.5 Å². The number of nitrogens with one attached hydrogen (secondary N) is 1. The second-order valence-electron chi connectivity index (χ2n) is 6.72. The van der Waals surface area contributed by atoms with Crippen LogP contribution in [-0.2, 0) is 9.53 Å². The number of nitrogens with zero attached hydrogens (tertiary/aromatic N) is 1. The smallest absolute Gasteiger partial charge is 0.326 e. The normalized spacial score (nSPS) is 25.8. The number of ether oxygens (including phenoxy) is 1. The zero-order valence-corrected chi connectivity index (χ0v) is 14.6. The minimum atomic E-state index is -0.533. The van der Waals surface area contributed by atoms with Crippen LogP contribution in [0.1, 0.15) is 60.3 Å². The Labute approximate surface area is 130 Å². The zero-order chi connectivity index (χ0) is 15.9. The Kier molecular flexibility index (Phi) is 7.67. The zero-order valence-electron chi connectivity index (χ0n) is 14.6. The fourth-order valence-electron chi connectivity index (χ4n) is 3.43. The average molecular weight is 298 g/mol. The lowest BCUT2D eigenvalue weighted by molar-refractivity contribution is -0.150. The van der Waals surface area contributed by atoms with E-state index in [0.717, 1.165) is 38.3 Å². The molecule has 0 aliphatic carbocycles. The van der Waals surface area contributed by atoms with Crippen LogP contribution in [-0.4, -0.2) is 48.7 Å². The average Bonchev–Trinajstić information content (AvgIpc) is 2.74. The molecule has 0 aromatic heterocycles. The molecule has 1 heterocycles. The van der Waals surface area contributed by atoms with Crippen molar-refractivity contribution in [1.29, 1.82) is 0 Å². The highest BCUT2D eigenvalue weighted by Gasteiger charge is 2.33. The molecule has 1 N–H and O–H groups in total. The Morgan fingerprint density at radius 2 is 2.05 bits per heavy atom. The molecule has 21 heavy (non-hydrogen) atoms. The molecule has 0 aromatic carbocycles. The van der Waals surface area contributed by atoms with E-state index in [1.807, 2.05) is 20.8 Å². The van der Waals surface area contributed by atoms with Crippen molar-refractivity contribution < 1.29 is 9.53 Å². The van der Waals surface area contributed by atoms with E-state index in [1.165, 1.54) is 13.0 Å². The van der Waals surface area contributed by atoms with E-state index in [-0.39, 0.29) is 5.97 Å². The van der Waals surface area contributed by atoms with Crippen LogP contribution in [0, 0.1) is 5.92 Å². The summed E-state index contributed by atoms with van der Waals surface area (Å²) in [6, 6.07) is 0.713. The molecule has 0 radical (unpaired) electrons. The van der Waals surface area contributed by atoms with Crippen LogP contribution in [0.5, 0.6) is 0 Å². The van der Waals surface area contributed by atoms with Crippen LogP contribution in [0.4, 0.5) is 0 Å². The van der Waals surface area contributed by atoms with Crippen molar-refractivity contribution in [2.45, 2.75) is 71.9 Å². The molecular formula is C17H34N2O2. The Hall–Kier alpha value is -0.610. The van der Waals surface area contributed by atoms with E-state index >= 15 is 0 Å². The molecular weight excluding hydrogens is 264 g/mol. The minimum Gasteiger partial charge on any atom is -0.465 e. The van der Waals surface area contributed by atoms with E-state index in [9.17, 15) is 4.79 Å². The predicted molar refractivity (Wildman–Crippen MR) is 87.4 cm³/mol. The summed E-state index contributed by atoms with van der Waals surface area (Å²) in [5.74, 6) is 0.710. The van der Waals surface area contributed by atoms with Crippen molar-refractivity contribution >= 4 is 5.97 Å². The molecule has 1 aliphatic rings. The van der Waals surface area contributed by atoms with Gasteiger partial charge in [0.1, 0.15) is 5.54 Å². The molecule has 0 amide bonds. The van der Waals surface area contributed by atoms with E-state index < -0.39 is 5.54 Å². The van der Waals surface area contributed by atoms with Crippen LogP contribution in [0.15, 0.2) is 0 Å². The largest absolute Gasteiger partial charge is 0.465 e. The Bertz CT molecular complexity index is 322. The van der Waals surface area contributed by atoms with E-state index in [0.29, 0.717) is 12.6 Å². The summed E-state index contributed by atoms with van der Waals surface area (Å²) in [6.45, 7) is 14.1. The topological polar surface area (TPSA) is 41.6 Å². The van der Waals surface area contributed by atoms with E-state index in [4.69, 9.17) is 4.74 Å². The van der Waals surface area contributed by atoms with Gasteiger partial charge in [0.25, 0.3) is 0 Å². The molecule has 1 aliphatic heterocycles. The SMILES string of the molecule is CCNC(C)(CCCCN1CC(C)CC1C)C(=O)OCC. The molecule has 1 saturated heterocycles. The van der Waals surface area contributed by atoms with Crippen molar-refractivity contribution in [3.63, 3.8) is 0 Å². The summed E-state index contributed by atoms with van der Waals surface area (Å²) >= 11 is 0. The lowest BCUT2D eigenvalue weighted by Crippen LogP contribution is -2.50. The van der Waals surface area contributed by atoms with Crippen molar-refractivity contribution in [3.05, 3.63) is 0 Å². The number of hydrogen-bond donors (Lipinski definition) is 1. The number of likely N-dealkylation sites (N-methyl/N-ethyl adjacent to an activating group) is 1. The molecule has 1 fully saturated rings. The van der Waals surface area contributed by atoms with Gasteiger partial charge in [-0.3, -0.25) is 4.79 Å². The third-order valence-electron chi connectivity index (χ3n) is 4.58. The second kappa shape index (κ2) is 8.74. The van der Waals surface area contributed by atoms with Gasteiger partial charge in [0, 0.05) is 12.6 Å². The van der Waals surface area contributed by atoms with Crippen molar-refractivity contribution in [1.82, 2.24) is 10.2 Å². The third kappa shape index (κ3) is 5.59. The first-order chi connectivity index (χ1) is 9.92. The summed E-state index contributed by atoms with van der Waals surface area (Å²) in [6.07, 6.45) is 4.37. The van der Waals surface area contributed by atoms with Gasteiger partial charge in [0.05, 0.1) is 6.61 Å². The van der Waals surface area contributed by atoms with Crippen molar-refractivity contribution in [2.24, 2.45) is 5.92 Å². The number of likely N-dealkylation sites (tertiary alicyclic amines) is 1. The van der Waals surface area contributed by atoms with Crippen LogP contribution in [0.2, 0.25) is 0 Å². The van der Waals surface area contributed by atoms with Crippen LogP contribution >= 0.6 is 0 Å². The first-order valence-electron chi connectivity index (χ1n) is 8.59. The fourth-order valence-corrected chi connectivity index (χ4v) is 3.43. The summed E-state index contributed by atoms with van der Waals surface area (Å²) in [5, 5.41) is 3.30. The van der Waals surface area contributed by atoms with Gasteiger partial charge in [0.15, 0.2) is 0 Å². The minimum absolute atomic E-state index is 0.116. The molecule has 3 atom stereocenters. The van der Waals surface area contributed by atoms with E-state index in [1.54, 1.807) is 0 Å². The molecule has 4 nitrogen and oxygen atoms in total. The molecule has 4 heteroatoms. The summed E-state index contributed by atoms with van der Waals surface area (Å²) in [5.41, 5.74) is -0.533. The van der Waals surface area contributed by atoms with Gasteiger partial charge < -0.3 is 15.0 Å². The van der Waals surface area contributed by atoms with Crippen molar-refractivity contribution in [2.75, 3.05) is 26.2 Å². The number of unbranched alkanes of at least 4 members (excludes halogenated alkanes) is 1. The van der Waals surface area contributed by atoms with Gasteiger partial charge in [-0.2, -0.15) is 0 Å². The molecule has 0 saturated carbocycles. The quantitative estimate of drug-likeness (QED) is 0.525. The van der Waals surface area contributed by atoms with Crippen LogP contribution in [0.25, 0.3) is 0 Å². The predicted octanol–water partition coefficient (Wildman–Crippen LogP) is 2.82. The number of hydrogen-bond acceptors (Lipinski definition) is 4. The first-order valence-corrected chi connectivity index (χ1v) is 8.59. The van der Waals surface area contributed by atoms with Gasteiger partial charge in [-0.15, -0.1) is 0 Å². The fraction of sp³-hybridized carbons (Fsp3) is 0.941. The van der Waals surface area contributed by atoms with Gasteiger partial charge in [0.2, 0.25) is 0 Å². The molecule has 124 valence electrons. The molecule has 0 bridgehead atoms. The summed E-state index contributed by atoms with van der Waals surface area (Å²) in [4.78, 5) is 14.7. The van der Waals surface area contributed by atoms with Crippen LogP contribution < -0.4 is 5.32 Å². The number of carbonyl (C=O) groups is 1. The first kappa shape index (κ1) is 18.4. The Morgan fingerprint density at radius 3 is 2.57 bits per heavy atom. The van der Waals surface area contributed by atoms with Crippen molar-refractivity contribution in [3.8, 4) is 0 Å². The molecule has 0 aromatic rings. The second-order valence-corrected chi connectivity index (χ2v) is 6.72. The third-order valence-corrected chi connectivity index (χ3v) is 4.58. The monoisotopic (exact) mass is 298 g/mol. The Morgan fingerprint density at radius 1 is 1.33 bits per heavy atom. The highest BCUT2D eigenvalue weighted by molar-refractivity contribution is 5.80. The maximum Gasteiger partial charge on any atom is 0.326 e. The Balaban J connectivity index is 2.35. The van der Waals surface area contributed by atoms with Gasteiger partial charge in [-0.25, -0.2) is 0 Å². The molecule has 1 rings (SSSR count). The standard InChI is InChI=1S/C17H34N2O2/c1-6-18-17(5,16(20)21-7-2)10-8-9-11-19-13-14(3)12-15(19)4/h14-15,18H,6-13H2,1-5H3. The lowest BCUT2D eigenvalue weighted by atomic mass is 9.94. The lowest BCUT2D eigenvalue weighted by Gasteiger charge is -2.28. The maximum atomic E-state index is 12.1.